The van der Waals surface area contributed by atoms with Crippen LogP contribution in [0.1, 0.15) is 71.0 Å². The van der Waals surface area contributed by atoms with E-state index >= 15 is 0 Å². The van der Waals surface area contributed by atoms with Crippen LogP contribution in [0, 0.1) is 20.8 Å². The standard InChI is InChI=1S/C30H38N6O2/c1-5-27(37)35-13-7-6-10-25(19-35)36-28-20(2)14-23(18-34-11-8-9-12-34)17-26(28)32-30(36)33-29(38)24-15-21(3)31-22(4)16-24/h5,14-17,25H,1,6-13,18-19H2,2-4H3,(H,32,33,38). The molecule has 0 spiro atoms. The van der Waals surface area contributed by atoms with Crippen molar-refractivity contribution in [2.75, 3.05) is 31.5 Å². The number of carbonyl (C=O) groups is 2. The van der Waals surface area contributed by atoms with Gasteiger partial charge in [0.25, 0.3) is 5.91 Å². The first-order chi connectivity index (χ1) is 18.3. The Labute approximate surface area is 224 Å². The van der Waals surface area contributed by atoms with Crippen LogP contribution in [0.3, 0.4) is 0 Å². The molecule has 8 heteroatoms. The molecule has 1 atom stereocenters. The normalized spacial score (nSPS) is 18.5. The maximum atomic E-state index is 13.4. The van der Waals surface area contributed by atoms with Crippen LogP contribution in [-0.2, 0) is 11.3 Å². The third-order valence-electron chi connectivity index (χ3n) is 7.71. The number of anilines is 1. The lowest BCUT2D eigenvalue weighted by Crippen LogP contribution is -2.34. The number of rotatable bonds is 6. The van der Waals surface area contributed by atoms with Crippen LogP contribution < -0.4 is 5.32 Å². The van der Waals surface area contributed by atoms with Gasteiger partial charge >= 0.3 is 0 Å². The summed E-state index contributed by atoms with van der Waals surface area (Å²) in [4.78, 5) is 39.8. The summed E-state index contributed by atoms with van der Waals surface area (Å²) >= 11 is 0. The molecule has 0 bridgehead atoms. The Balaban J connectivity index is 1.57. The molecule has 5 rings (SSSR count). The number of imidazole rings is 1. The number of nitrogens with one attached hydrogen (secondary N) is 1. The Hall–Kier alpha value is -3.52. The molecule has 2 amide bonds. The van der Waals surface area contributed by atoms with Gasteiger partial charge in [0.05, 0.1) is 17.1 Å². The molecule has 0 saturated carbocycles. The minimum Gasteiger partial charge on any atom is -0.337 e. The molecule has 2 saturated heterocycles. The summed E-state index contributed by atoms with van der Waals surface area (Å²) in [6.45, 7) is 14.0. The van der Waals surface area contributed by atoms with Crippen LogP contribution >= 0.6 is 0 Å². The molecule has 2 aliphatic rings. The highest BCUT2D eigenvalue weighted by molar-refractivity contribution is 6.04. The van der Waals surface area contributed by atoms with Gasteiger partial charge in [-0.2, -0.15) is 0 Å². The molecule has 2 aliphatic heterocycles. The molecule has 38 heavy (non-hydrogen) atoms. The average molecular weight is 515 g/mol. The summed E-state index contributed by atoms with van der Waals surface area (Å²) in [5, 5.41) is 3.12. The third kappa shape index (κ3) is 5.50. The van der Waals surface area contributed by atoms with Gasteiger partial charge in [-0.1, -0.05) is 12.6 Å². The topological polar surface area (TPSA) is 83.4 Å². The Kier molecular flexibility index (Phi) is 7.61. The molecular weight excluding hydrogens is 476 g/mol. The number of aromatic nitrogens is 3. The van der Waals surface area contributed by atoms with E-state index < -0.39 is 0 Å². The van der Waals surface area contributed by atoms with Gasteiger partial charge in [-0.05, 0) is 101 Å². The summed E-state index contributed by atoms with van der Waals surface area (Å²) < 4.78 is 2.16. The lowest BCUT2D eigenvalue weighted by atomic mass is 10.1. The van der Waals surface area contributed by atoms with E-state index in [2.05, 4.69) is 45.4 Å². The average Bonchev–Trinajstić information content (AvgIpc) is 3.44. The van der Waals surface area contributed by atoms with E-state index in [1.165, 1.54) is 24.5 Å². The van der Waals surface area contributed by atoms with E-state index in [1.54, 1.807) is 12.1 Å². The van der Waals surface area contributed by atoms with Crippen molar-refractivity contribution in [3.8, 4) is 0 Å². The van der Waals surface area contributed by atoms with Crippen molar-refractivity contribution in [1.29, 1.82) is 0 Å². The second-order valence-corrected chi connectivity index (χ2v) is 10.8. The minimum atomic E-state index is -0.210. The summed E-state index contributed by atoms with van der Waals surface area (Å²) in [5.41, 5.74) is 6.43. The number of fused-ring (bicyclic) bond motifs is 1. The van der Waals surface area contributed by atoms with Crippen LogP contribution in [-0.4, -0.2) is 62.3 Å². The molecule has 0 radical (unpaired) electrons. The van der Waals surface area contributed by atoms with E-state index in [0.29, 0.717) is 24.6 Å². The van der Waals surface area contributed by atoms with Crippen LogP contribution in [0.2, 0.25) is 0 Å². The molecule has 0 aliphatic carbocycles. The number of nitrogens with zero attached hydrogens (tertiary/aromatic N) is 5. The SMILES string of the molecule is C=CC(=O)N1CCCCC(n2c(NC(=O)c3cc(C)nc(C)c3)nc3cc(CN4CCCC4)cc(C)c32)C1. The number of carbonyl (C=O) groups excluding carboxylic acids is 2. The summed E-state index contributed by atoms with van der Waals surface area (Å²) in [6, 6.07) is 8.00. The zero-order valence-corrected chi connectivity index (χ0v) is 22.8. The highest BCUT2D eigenvalue weighted by Gasteiger charge is 2.28. The molecule has 1 unspecified atom stereocenters. The third-order valence-corrected chi connectivity index (χ3v) is 7.71. The van der Waals surface area contributed by atoms with Gasteiger partial charge in [0.2, 0.25) is 11.9 Å². The Morgan fingerprint density at radius 3 is 2.42 bits per heavy atom. The van der Waals surface area contributed by atoms with Crippen molar-refractivity contribution in [2.24, 2.45) is 0 Å². The van der Waals surface area contributed by atoms with Gasteiger partial charge < -0.3 is 9.47 Å². The number of benzene rings is 1. The van der Waals surface area contributed by atoms with Crippen molar-refractivity contribution in [3.05, 3.63) is 65.0 Å². The van der Waals surface area contributed by atoms with Crippen LogP contribution in [0.25, 0.3) is 11.0 Å². The van der Waals surface area contributed by atoms with E-state index in [0.717, 1.165) is 66.9 Å². The number of likely N-dealkylation sites (tertiary alicyclic amines) is 2. The van der Waals surface area contributed by atoms with Crippen LogP contribution in [0.5, 0.6) is 0 Å². The van der Waals surface area contributed by atoms with Crippen molar-refractivity contribution in [2.45, 2.75) is 65.5 Å². The largest absolute Gasteiger partial charge is 0.337 e. The predicted octanol–water partition coefficient (Wildman–Crippen LogP) is 4.94. The number of hydrogen-bond donors (Lipinski definition) is 1. The van der Waals surface area contributed by atoms with Crippen LogP contribution in [0.15, 0.2) is 36.9 Å². The van der Waals surface area contributed by atoms with Gasteiger partial charge in [-0.25, -0.2) is 4.98 Å². The van der Waals surface area contributed by atoms with E-state index in [1.807, 2.05) is 18.7 Å². The van der Waals surface area contributed by atoms with Gasteiger partial charge in [0.15, 0.2) is 0 Å². The molecule has 3 aromatic rings. The van der Waals surface area contributed by atoms with Gasteiger partial charge in [-0.3, -0.25) is 24.8 Å². The maximum Gasteiger partial charge on any atom is 0.258 e. The van der Waals surface area contributed by atoms with E-state index in [4.69, 9.17) is 4.98 Å². The lowest BCUT2D eigenvalue weighted by Gasteiger charge is -2.26. The van der Waals surface area contributed by atoms with Gasteiger partial charge in [0.1, 0.15) is 0 Å². The zero-order chi connectivity index (χ0) is 26.8. The fourth-order valence-corrected chi connectivity index (χ4v) is 6.04. The predicted molar refractivity (Wildman–Crippen MR) is 150 cm³/mol. The van der Waals surface area contributed by atoms with Crippen molar-refractivity contribution in [3.63, 3.8) is 0 Å². The number of aryl methyl sites for hydroxylation is 3. The number of hydrogen-bond acceptors (Lipinski definition) is 5. The minimum absolute atomic E-state index is 0.00857. The highest BCUT2D eigenvalue weighted by Crippen LogP contribution is 2.33. The Morgan fingerprint density at radius 1 is 1.00 bits per heavy atom. The molecule has 1 N–H and O–H groups in total. The monoisotopic (exact) mass is 514 g/mol. The Bertz CT molecular complexity index is 1350. The lowest BCUT2D eigenvalue weighted by molar-refractivity contribution is -0.126. The molecule has 4 heterocycles. The summed E-state index contributed by atoms with van der Waals surface area (Å²) in [5.74, 6) is 0.258. The summed E-state index contributed by atoms with van der Waals surface area (Å²) in [7, 11) is 0. The fraction of sp³-hybridized carbons (Fsp3) is 0.467. The first-order valence-corrected chi connectivity index (χ1v) is 13.7. The molecule has 200 valence electrons. The zero-order valence-electron chi connectivity index (χ0n) is 22.8. The molecule has 2 fully saturated rings. The molecule has 8 nitrogen and oxygen atoms in total. The Morgan fingerprint density at radius 2 is 1.71 bits per heavy atom. The van der Waals surface area contributed by atoms with E-state index in [-0.39, 0.29) is 17.9 Å². The smallest absolute Gasteiger partial charge is 0.258 e. The van der Waals surface area contributed by atoms with Crippen molar-refractivity contribution in [1.82, 2.24) is 24.3 Å². The molecular formula is C30H38N6O2. The first-order valence-electron chi connectivity index (χ1n) is 13.7. The number of amides is 2. The number of pyridine rings is 1. The van der Waals surface area contributed by atoms with Crippen LogP contribution in [0.4, 0.5) is 5.95 Å². The second-order valence-electron chi connectivity index (χ2n) is 10.8. The van der Waals surface area contributed by atoms with Crippen molar-refractivity contribution < 1.29 is 9.59 Å². The molecule has 2 aromatic heterocycles. The second kappa shape index (κ2) is 11.1. The first kappa shape index (κ1) is 26.1. The van der Waals surface area contributed by atoms with Gasteiger partial charge in [-0.15, -0.1) is 0 Å². The highest BCUT2D eigenvalue weighted by atomic mass is 16.2. The maximum absolute atomic E-state index is 13.4. The van der Waals surface area contributed by atoms with E-state index in [9.17, 15) is 9.59 Å². The van der Waals surface area contributed by atoms with Gasteiger partial charge in [0, 0.05) is 36.6 Å². The summed E-state index contributed by atoms with van der Waals surface area (Å²) in [6.07, 6.45) is 6.73. The fourth-order valence-electron chi connectivity index (χ4n) is 6.04. The van der Waals surface area contributed by atoms with Crippen molar-refractivity contribution >= 4 is 28.8 Å². The quantitative estimate of drug-likeness (QED) is 0.471. The molecule has 1 aromatic carbocycles.